The van der Waals surface area contributed by atoms with Gasteiger partial charge in [0.25, 0.3) is 11.1 Å². The molecule has 0 atom stereocenters. The van der Waals surface area contributed by atoms with E-state index in [2.05, 4.69) is 5.32 Å². The second-order valence-corrected chi connectivity index (χ2v) is 7.12. The van der Waals surface area contributed by atoms with Crippen molar-refractivity contribution in [3.63, 3.8) is 0 Å². The summed E-state index contributed by atoms with van der Waals surface area (Å²) in [5, 5.41) is 2.03. The van der Waals surface area contributed by atoms with Gasteiger partial charge in [-0.15, -0.1) is 0 Å². The van der Waals surface area contributed by atoms with E-state index < -0.39 is 29.4 Å². The highest BCUT2D eigenvalue weighted by molar-refractivity contribution is 8.18. The van der Waals surface area contributed by atoms with Crippen LogP contribution in [0, 0.1) is 5.82 Å². The molecule has 3 amide bonds. The number of nitrogens with one attached hydrogen (secondary N) is 1. The summed E-state index contributed by atoms with van der Waals surface area (Å²) < 4.78 is 12.9. The summed E-state index contributed by atoms with van der Waals surface area (Å²) in [6, 6.07) is 14.8. The third kappa shape index (κ3) is 4.95. The quantitative estimate of drug-likeness (QED) is 0.759. The molecule has 1 aliphatic rings. The van der Waals surface area contributed by atoms with E-state index in [1.165, 1.54) is 24.3 Å². The lowest BCUT2D eigenvalue weighted by molar-refractivity contribution is -0.127. The Labute approximate surface area is 165 Å². The predicted molar refractivity (Wildman–Crippen MR) is 108 cm³/mol. The summed E-state index contributed by atoms with van der Waals surface area (Å²) in [7, 11) is 0. The molecule has 1 aliphatic heterocycles. The van der Waals surface area contributed by atoms with Crippen molar-refractivity contribution in [3.05, 3.63) is 82.5 Å². The first-order valence-corrected chi connectivity index (χ1v) is 9.28. The number of rotatable bonds is 5. The number of nitrogens with zero attached hydrogens (tertiary/aromatic N) is 1. The molecule has 1 saturated heterocycles. The Morgan fingerprint density at radius 3 is 2.46 bits per heavy atom. The van der Waals surface area contributed by atoms with Crippen molar-refractivity contribution in [1.29, 1.82) is 0 Å². The molecular formula is C21H17FN2O3S. The lowest BCUT2D eigenvalue weighted by atomic mass is 10.1. The van der Waals surface area contributed by atoms with Gasteiger partial charge in [0.05, 0.1) is 4.91 Å². The number of allylic oxidation sites excluding steroid dienone is 2. The molecule has 142 valence electrons. The van der Waals surface area contributed by atoms with Crippen LogP contribution in [0.4, 0.5) is 14.9 Å². The molecule has 1 fully saturated rings. The molecular weight excluding hydrogens is 379 g/mol. The molecule has 0 aromatic heterocycles. The Bertz CT molecular complexity index is 969. The Morgan fingerprint density at radius 1 is 1.11 bits per heavy atom. The first-order chi connectivity index (χ1) is 13.4. The number of hydrogen-bond acceptors (Lipinski definition) is 4. The minimum absolute atomic E-state index is 0.268. The third-order valence-electron chi connectivity index (χ3n) is 3.86. The van der Waals surface area contributed by atoms with E-state index >= 15 is 0 Å². The normalized spacial score (nSPS) is 16.0. The SMILES string of the molecule is CC(=C\c1ccccc1)/C=C1/SC(=O)N(CC(=O)Nc2ccc(F)cc2)C1=O. The van der Waals surface area contributed by atoms with Gasteiger partial charge in [-0.1, -0.05) is 36.4 Å². The van der Waals surface area contributed by atoms with E-state index in [9.17, 15) is 18.8 Å². The number of hydrogen-bond donors (Lipinski definition) is 1. The summed E-state index contributed by atoms with van der Waals surface area (Å²) in [6.45, 7) is 1.43. The summed E-state index contributed by atoms with van der Waals surface area (Å²) in [5.41, 5.74) is 2.18. The van der Waals surface area contributed by atoms with Crippen molar-refractivity contribution < 1.29 is 18.8 Å². The van der Waals surface area contributed by atoms with Crippen LogP contribution in [0.3, 0.4) is 0 Å². The molecule has 1 N–H and O–H groups in total. The molecule has 0 saturated carbocycles. The van der Waals surface area contributed by atoms with Gasteiger partial charge in [-0.3, -0.25) is 19.3 Å². The maximum atomic E-state index is 12.9. The standard InChI is InChI=1S/C21H17FN2O3S/c1-14(11-15-5-3-2-4-6-15)12-18-20(26)24(21(27)28-18)13-19(25)23-17-9-7-16(22)8-10-17/h2-12H,13H2,1H3,(H,23,25)/b14-11+,18-12+. The smallest absolute Gasteiger partial charge is 0.294 e. The molecule has 7 heteroatoms. The van der Waals surface area contributed by atoms with Gasteiger partial charge in [0, 0.05) is 5.69 Å². The Morgan fingerprint density at radius 2 is 1.79 bits per heavy atom. The van der Waals surface area contributed by atoms with Gasteiger partial charge in [-0.05, 0) is 60.2 Å². The molecule has 3 rings (SSSR count). The molecule has 0 spiro atoms. The lowest BCUT2D eigenvalue weighted by Crippen LogP contribution is -2.36. The second-order valence-electron chi connectivity index (χ2n) is 6.12. The Hall–Kier alpha value is -3.19. The van der Waals surface area contributed by atoms with Crippen LogP contribution in [-0.4, -0.2) is 28.5 Å². The highest BCUT2D eigenvalue weighted by atomic mass is 32.2. The van der Waals surface area contributed by atoms with Crippen LogP contribution in [0.15, 0.2) is 71.2 Å². The van der Waals surface area contributed by atoms with Crippen LogP contribution in [-0.2, 0) is 9.59 Å². The van der Waals surface area contributed by atoms with E-state index in [0.717, 1.165) is 27.8 Å². The van der Waals surface area contributed by atoms with E-state index in [-0.39, 0.29) is 4.91 Å². The van der Waals surface area contributed by atoms with Crippen LogP contribution in [0.2, 0.25) is 0 Å². The van der Waals surface area contributed by atoms with Gasteiger partial charge in [-0.25, -0.2) is 4.39 Å². The zero-order valence-electron chi connectivity index (χ0n) is 15.0. The highest BCUT2D eigenvalue weighted by Crippen LogP contribution is 2.31. The van der Waals surface area contributed by atoms with E-state index in [1.807, 2.05) is 43.3 Å². The number of anilines is 1. The van der Waals surface area contributed by atoms with Gasteiger partial charge < -0.3 is 5.32 Å². The van der Waals surface area contributed by atoms with E-state index in [0.29, 0.717) is 5.69 Å². The zero-order valence-corrected chi connectivity index (χ0v) is 15.8. The number of benzene rings is 2. The predicted octanol–water partition coefficient (Wildman–Crippen LogP) is 4.45. The first-order valence-electron chi connectivity index (χ1n) is 8.46. The largest absolute Gasteiger partial charge is 0.325 e. The summed E-state index contributed by atoms with van der Waals surface area (Å²) in [4.78, 5) is 37.9. The topological polar surface area (TPSA) is 66.5 Å². The number of carbonyl (C=O) groups excluding carboxylic acids is 3. The molecule has 28 heavy (non-hydrogen) atoms. The monoisotopic (exact) mass is 396 g/mol. The number of halogens is 1. The Kier molecular flexibility index (Phi) is 6.06. The minimum atomic E-state index is -0.535. The number of amides is 3. The lowest BCUT2D eigenvalue weighted by Gasteiger charge is -2.12. The summed E-state index contributed by atoms with van der Waals surface area (Å²) in [5.74, 6) is -1.47. The van der Waals surface area contributed by atoms with Gasteiger partial charge >= 0.3 is 0 Å². The number of thioether (sulfide) groups is 1. The van der Waals surface area contributed by atoms with E-state index in [4.69, 9.17) is 0 Å². The Balaban J connectivity index is 1.66. The van der Waals surface area contributed by atoms with Crippen molar-refractivity contribution in [2.24, 2.45) is 0 Å². The molecule has 0 bridgehead atoms. The van der Waals surface area contributed by atoms with Crippen molar-refractivity contribution in [1.82, 2.24) is 4.90 Å². The van der Waals surface area contributed by atoms with Crippen molar-refractivity contribution in [2.75, 3.05) is 11.9 Å². The van der Waals surface area contributed by atoms with Crippen LogP contribution in [0.1, 0.15) is 12.5 Å². The van der Waals surface area contributed by atoms with Crippen LogP contribution >= 0.6 is 11.8 Å². The van der Waals surface area contributed by atoms with Crippen molar-refractivity contribution in [3.8, 4) is 0 Å². The van der Waals surface area contributed by atoms with Gasteiger partial charge in [0.2, 0.25) is 5.91 Å². The molecule has 1 heterocycles. The van der Waals surface area contributed by atoms with Crippen molar-refractivity contribution in [2.45, 2.75) is 6.92 Å². The fourth-order valence-corrected chi connectivity index (χ4v) is 3.46. The van der Waals surface area contributed by atoms with E-state index in [1.54, 1.807) is 6.08 Å². The first kappa shape index (κ1) is 19.6. The molecule has 2 aromatic carbocycles. The average Bonchev–Trinajstić information content (AvgIpc) is 2.91. The fourth-order valence-electron chi connectivity index (χ4n) is 2.57. The molecule has 0 unspecified atom stereocenters. The molecule has 5 nitrogen and oxygen atoms in total. The van der Waals surface area contributed by atoms with Crippen molar-refractivity contribution >= 4 is 40.6 Å². The van der Waals surface area contributed by atoms with Crippen LogP contribution in [0.5, 0.6) is 0 Å². The van der Waals surface area contributed by atoms with Crippen LogP contribution < -0.4 is 5.32 Å². The highest BCUT2D eigenvalue weighted by Gasteiger charge is 2.36. The zero-order chi connectivity index (χ0) is 20.1. The van der Waals surface area contributed by atoms with Gasteiger partial charge in [0.1, 0.15) is 12.4 Å². The molecule has 0 aliphatic carbocycles. The average molecular weight is 396 g/mol. The number of imide groups is 1. The van der Waals surface area contributed by atoms with Crippen LogP contribution in [0.25, 0.3) is 6.08 Å². The number of carbonyl (C=O) groups is 3. The third-order valence-corrected chi connectivity index (χ3v) is 4.76. The molecule has 0 radical (unpaired) electrons. The minimum Gasteiger partial charge on any atom is -0.325 e. The van der Waals surface area contributed by atoms with Gasteiger partial charge in [0.15, 0.2) is 0 Å². The maximum absolute atomic E-state index is 12.9. The van der Waals surface area contributed by atoms with Gasteiger partial charge in [-0.2, -0.15) is 0 Å². The summed E-state index contributed by atoms with van der Waals surface area (Å²) >= 11 is 0.799. The maximum Gasteiger partial charge on any atom is 0.294 e. The second kappa shape index (κ2) is 8.67. The summed E-state index contributed by atoms with van der Waals surface area (Å²) in [6.07, 6.45) is 3.53. The molecule has 2 aromatic rings. The fraction of sp³-hybridized carbons (Fsp3) is 0.0952.